The molecule has 2 heterocycles. The van der Waals surface area contributed by atoms with Crippen LogP contribution in [0, 0.1) is 6.92 Å². The summed E-state index contributed by atoms with van der Waals surface area (Å²) in [4.78, 5) is 46.7. The van der Waals surface area contributed by atoms with E-state index in [0.29, 0.717) is 54.8 Å². The highest BCUT2D eigenvalue weighted by Crippen LogP contribution is 2.14. The lowest BCUT2D eigenvalue weighted by atomic mass is 10.0. The summed E-state index contributed by atoms with van der Waals surface area (Å²) in [6.45, 7) is 10.3. The number of H-pyrrole nitrogens is 1. The average molecular weight is 456 g/mol. The molecule has 3 N–H and O–H groups in total. The molecule has 0 saturated carbocycles. The molecule has 9 nitrogen and oxygen atoms in total. The molecule has 1 aliphatic heterocycles. The molecule has 0 atom stereocenters. The van der Waals surface area contributed by atoms with Crippen molar-refractivity contribution in [3.63, 3.8) is 0 Å². The minimum Gasteiger partial charge on any atom is -0.378 e. The molecule has 2 amide bonds. The van der Waals surface area contributed by atoms with Gasteiger partial charge in [-0.3, -0.25) is 19.4 Å². The molecule has 1 saturated heterocycles. The molecule has 1 aromatic heterocycles. The second kappa shape index (κ2) is 10.6. The average Bonchev–Trinajstić information content (AvgIpc) is 2.79. The molecular formula is C24H33N5O4. The highest BCUT2D eigenvalue weighted by atomic mass is 16.5. The first-order chi connectivity index (χ1) is 15.7. The maximum absolute atomic E-state index is 12.6. The monoisotopic (exact) mass is 455 g/mol. The molecule has 1 aliphatic rings. The zero-order chi connectivity index (χ0) is 24.0. The number of nitrogens with one attached hydrogen (secondary N) is 3. The Morgan fingerprint density at radius 3 is 2.45 bits per heavy atom. The third kappa shape index (κ3) is 6.64. The number of hydrogen-bond acceptors (Lipinski definition) is 6. The fourth-order valence-electron chi connectivity index (χ4n) is 3.45. The van der Waals surface area contributed by atoms with E-state index in [0.717, 1.165) is 6.42 Å². The minimum atomic E-state index is -0.283. The standard InChI is InChI=1S/C24H33N5O4/c1-5-24(3,4)28-21(31)17-6-8-18(9-7-17)26-20(30)11-10-19-16(2)25-23(27-22(19)32)29-12-14-33-15-13-29/h6-9H,5,10-15H2,1-4H3,(H,26,30)(H,28,31)(H,25,27,32). The SMILES string of the molecule is CCC(C)(C)NC(=O)c1ccc(NC(=O)CCc2c(C)nc(N3CCOCC3)[nH]c2=O)cc1. The number of nitrogens with zero attached hydrogens (tertiary/aromatic N) is 2. The van der Waals surface area contributed by atoms with Crippen LogP contribution in [0.4, 0.5) is 11.6 Å². The van der Waals surface area contributed by atoms with Crippen molar-refractivity contribution in [3.05, 3.63) is 51.4 Å². The second-order valence-electron chi connectivity index (χ2n) is 8.87. The predicted molar refractivity (Wildman–Crippen MR) is 128 cm³/mol. The number of aryl methyl sites for hydroxylation is 1. The summed E-state index contributed by atoms with van der Waals surface area (Å²) < 4.78 is 5.34. The zero-order valence-electron chi connectivity index (χ0n) is 19.8. The molecule has 0 bridgehead atoms. The van der Waals surface area contributed by atoms with E-state index in [1.807, 2.05) is 25.7 Å². The smallest absolute Gasteiger partial charge is 0.255 e. The molecule has 0 spiro atoms. The van der Waals surface area contributed by atoms with Crippen LogP contribution in [0.1, 0.15) is 55.2 Å². The van der Waals surface area contributed by atoms with Gasteiger partial charge in [0.2, 0.25) is 11.9 Å². The Balaban J connectivity index is 1.56. The molecule has 1 aromatic carbocycles. The van der Waals surface area contributed by atoms with Crippen molar-refractivity contribution < 1.29 is 14.3 Å². The van der Waals surface area contributed by atoms with Crippen molar-refractivity contribution >= 4 is 23.5 Å². The maximum atomic E-state index is 12.6. The van der Waals surface area contributed by atoms with Crippen molar-refractivity contribution in [2.75, 3.05) is 36.5 Å². The van der Waals surface area contributed by atoms with E-state index < -0.39 is 0 Å². The van der Waals surface area contributed by atoms with E-state index in [4.69, 9.17) is 4.74 Å². The summed E-state index contributed by atoms with van der Waals surface area (Å²) >= 11 is 0. The van der Waals surface area contributed by atoms with Crippen LogP contribution in [0.2, 0.25) is 0 Å². The Labute approximate surface area is 193 Å². The van der Waals surface area contributed by atoms with Crippen molar-refractivity contribution in [1.29, 1.82) is 0 Å². The van der Waals surface area contributed by atoms with Crippen molar-refractivity contribution in [3.8, 4) is 0 Å². The molecule has 3 rings (SSSR count). The number of hydrogen-bond donors (Lipinski definition) is 3. The minimum absolute atomic E-state index is 0.148. The molecule has 0 unspecified atom stereocenters. The normalized spacial score (nSPS) is 14.1. The molecule has 0 radical (unpaired) electrons. The molecule has 0 aliphatic carbocycles. The first kappa shape index (κ1) is 24.4. The van der Waals surface area contributed by atoms with Gasteiger partial charge in [0.25, 0.3) is 11.5 Å². The summed E-state index contributed by atoms with van der Waals surface area (Å²) in [7, 11) is 0. The summed E-state index contributed by atoms with van der Waals surface area (Å²) in [6.07, 6.45) is 1.26. The number of rotatable bonds is 8. The van der Waals surface area contributed by atoms with Gasteiger partial charge in [0.15, 0.2) is 0 Å². The lowest BCUT2D eigenvalue weighted by Gasteiger charge is -2.27. The highest BCUT2D eigenvalue weighted by Gasteiger charge is 2.19. The Bertz CT molecular complexity index is 1040. The lowest BCUT2D eigenvalue weighted by Crippen LogP contribution is -2.42. The van der Waals surface area contributed by atoms with Gasteiger partial charge in [-0.1, -0.05) is 6.92 Å². The van der Waals surface area contributed by atoms with E-state index in [1.165, 1.54) is 0 Å². The van der Waals surface area contributed by atoms with Gasteiger partial charge in [-0.15, -0.1) is 0 Å². The number of ether oxygens (including phenoxy) is 1. The van der Waals surface area contributed by atoms with Crippen LogP contribution < -0.4 is 21.1 Å². The van der Waals surface area contributed by atoms with E-state index in [9.17, 15) is 14.4 Å². The lowest BCUT2D eigenvalue weighted by molar-refractivity contribution is -0.116. The van der Waals surface area contributed by atoms with Crippen LogP contribution in [0.25, 0.3) is 0 Å². The number of aromatic amines is 1. The molecule has 9 heteroatoms. The van der Waals surface area contributed by atoms with E-state index in [-0.39, 0.29) is 35.8 Å². The molecule has 178 valence electrons. The number of carbonyl (C=O) groups excluding carboxylic acids is 2. The van der Waals surface area contributed by atoms with E-state index in [1.54, 1.807) is 31.2 Å². The maximum Gasteiger partial charge on any atom is 0.255 e. The number of anilines is 2. The van der Waals surface area contributed by atoms with Gasteiger partial charge in [-0.05, 0) is 57.9 Å². The fourth-order valence-corrected chi connectivity index (χ4v) is 3.45. The summed E-state index contributed by atoms with van der Waals surface area (Å²) in [5.74, 6) is 0.179. The summed E-state index contributed by atoms with van der Waals surface area (Å²) in [6, 6.07) is 6.75. The third-order valence-electron chi connectivity index (χ3n) is 5.89. The highest BCUT2D eigenvalue weighted by molar-refractivity contribution is 5.96. The van der Waals surface area contributed by atoms with Crippen LogP contribution in [-0.2, 0) is 16.0 Å². The van der Waals surface area contributed by atoms with E-state index in [2.05, 4.69) is 20.6 Å². The molecule has 2 aromatic rings. The van der Waals surface area contributed by atoms with Crippen LogP contribution in [0.5, 0.6) is 0 Å². The van der Waals surface area contributed by atoms with Crippen molar-refractivity contribution in [1.82, 2.24) is 15.3 Å². The largest absolute Gasteiger partial charge is 0.378 e. The third-order valence-corrected chi connectivity index (χ3v) is 5.89. The van der Waals surface area contributed by atoms with Gasteiger partial charge >= 0.3 is 0 Å². The van der Waals surface area contributed by atoms with Gasteiger partial charge in [0.05, 0.1) is 13.2 Å². The summed E-state index contributed by atoms with van der Waals surface area (Å²) in [5, 5.41) is 5.80. The van der Waals surface area contributed by atoms with Gasteiger partial charge in [0, 0.05) is 47.6 Å². The number of aromatic nitrogens is 2. The first-order valence-corrected chi connectivity index (χ1v) is 11.3. The zero-order valence-corrected chi connectivity index (χ0v) is 19.8. The number of benzene rings is 1. The Morgan fingerprint density at radius 1 is 1.18 bits per heavy atom. The van der Waals surface area contributed by atoms with Gasteiger partial charge in [-0.25, -0.2) is 4.98 Å². The molecular weight excluding hydrogens is 422 g/mol. The molecule has 1 fully saturated rings. The van der Waals surface area contributed by atoms with Crippen molar-refractivity contribution in [2.45, 2.75) is 52.5 Å². The van der Waals surface area contributed by atoms with E-state index >= 15 is 0 Å². The van der Waals surface area contributed by atoms with Crippen LogP contribution in [0.15, 0.2) is 29.1 Å². The quantitative estimate of drug-likeness (QED) is 0.563. The van der Waals surface area contributed by atoms with Gasteiger partial charge in [0.1, 0.15) is 0 Å². The molecule has 33 heavy (non-hydrogen) atoms. The fraction of sp³-hybridized carbons (Fsp3) is 0.500. The Kier molecular flexibility index (Phi) is 7.86. The van der Waals surface area contributed by atoms with Crippen LogP contribution in [-0.4, -0.2) is 53.6 Å². The van der Waals surface area contributed by atoms with Crippen LogP contribution >= 0.6 is 0 Å². The first-order valence-electron chi connectivity index (χ1n) is 11.3. The number of carbonyl (C=O) groups is 2. The second-order valence-corrected chi connectivity index (χ2v) is 8.87. The van der Waals surface area contributed by atoms with Crippen molar-refractivity contribution in [2.24, 2.45) is 0 Å². The van der Waals surface area contributed by atoms with Gasteiger partial charge in [-0.2, -0.15) is 0 Å². The summed E-state index contributed by atoms with van der Waals surface area (Å²) in [5.41, 5.74) is 1.75. The topological polar surface area (TPSA) is 116 Å². The predicted octanol–water partition coefficient (Wildman–Crippen LogP) is 2.40. The number of amides is 2. The number of morpholine rings is 1. The Hall–Kier alpha value is -3.20. The Morgan fingerprint density at radius 2 is 1.85 bits per heavy atom. The van der Waals surface area contributed by atoms with Gasteiger partial charge < -0.3 is 20.3 Å². The van der Waals surface area contributed by atoms with Crippen LogP contribution in [0.3, 0.4) is 0 Å².